The topological polar surface area (TPSA) is 40.5 Å². The molecule has 0 bridgehead atoms. The lowest BCUT2D eigenvalue weighted by Crippen LogP contribution is -2.30. The zero-order valence-electron chi connectivity index (χ0n) is 20.2. The second kappa shape index (κ2) is 11.2. The number of hydrogen-bond donors (Lipinski definition) is 2. The minimum atomic E-state index is -0.383. The first-order valence-corrected chi connectivity index (χ1v) is 12.7. The monoisotopic (exact) mass is 452 g/mol. The third-order valence-electron chi connectivity index (χ3n) is 7.12. The van der Waals surface area contributed by atoms with Crippen molar-refractivity contribution in [3.63, 3.8) is 0 Å². The highest BCUT2D eigenvalue weighted by atomic mass is 16.3. The van der Waals surface area contributed by atoms with Crippen molar-refractivity contribution in [1.82, 2.24) is 0 Å². The molecule has 0 radical (unpaired) electrons. The van der Waals surface area contributed by atoms with Crippen LogP contribution in [0.15, 0.2) is 91.0 Å². The van der Waals surface area contributed by atoms with Crippen molar-refractivity contribution in [1.29, 1.82) is 0 Å². The van der Waals surface area contributed by atoms with Gasteiger partial charge in [-0.05, 0) is 58.1 Å². The van der Waals surface area contributed by atoms with Crippen molar-refractivity contribution >= 4 is 10.8 Å². The zero-order valence-corrected chi connectivity index (χ0v) is 20.2. The quantitative estimate of drug-likeness (QED) is 0.176. The van der Waals surface area contributed by atoms with Crippen LogP contribution in [0, 0.1) is 0 Å². The normalized spacial score (nSPS) is 11.7. The summed E-state index contributed by atoms with van der Waals surface area (Å²) in [4.78, 5) is 0. The maximum Gasteiger partial charge on any atom is 0.115 e. The van der Waals surface area contributed by atoms with Crippen LogP contribution in [0.25, 0.3) is 10.8 Å². The van der Waals surface area contributed by atoms with Gasteiger partial charge in [-0.2, -0.15) is 0 Å². The standard InChI is InChI=1S/C32H36O2/c1-2-3-4-5-6-7-10-24-32(26-16-20-28(33)21-17-26,27-18-22-29(34)23-19-27)31-15-11-13-25-12-8-9-14-30(25)31/h8-9,11-23,33-34H,2-7,10,24H2,1H3. The summed E-state index contributed by atoms with van der Waals surface area (Å²) < 4.78 is 0. The zero-order chi connectivity index (χ0) is 23.8. The SMILES string of the molecule is CCCCCCCCCC(c1ccc(O)cc1)(c1ccc(O)cc1)c1cccc2ccccc12. The van der Waals surface area contributed by atoms with E-state index in [1.165, 1.54) is 66.0 Å². The summed E-state index contributed by atoms with van der Waals surface area (Å²) in [5.74, 6) is 0.550. The highest BCUT2D eigenvalue weighted by Crippen LogP contribution is 2.46. The molecule has 0 unspecified atom stereocenters. The van der Waals surface area contributed by atoms with Gasteiger partial charge in [0.15, 0.2) is 0 Å². The number of hydrogen-bond acceptors (Lipinski definition) is 2. The number of phenolic OH excluding ortho intramolecular Hbond substituents is 2. The lowest BCUT2D eigenvalue weighted by Gasteiger charge is -2.37. The molecule has 4 aromatic rings. The smallest absolute Gasteiger partial charge is 0.115 e. The molecule has 0 spiro atoms. The van der Waals surface area contributed by atoms with Crippen LogP contribution in [0.3, 0.4) is 0 Å². The predicted octanol–water partition coefficient (Wildman–Crippen LogP) is 8.73. The Morgan fingerprint density at radius 2 is 1.09 bits per heavy atom. The molecule has 0 aliphatic heterocycles. The van der Waals surface area contributed by atoms with Crippen LogP contribution in [0.1, 0.15) is 75.0 Å². The Morgan fingerprint density at radius 1 is 0.559 bits per heavy atom. The van der Waals surface area contributed by atoms with E-state index >= 15 is 0 Å². The number of benzene rings is 4. The van der Waals surface area contributed by atoms with Gasteiger partial charge in [0.1, 0.15) is 11.5 Å². The van der Waals surface area contributed by atoms with Crippen LogP contribution in [-0.4, -0.2) is 10.2 Å². The summed E-state index contributed by atoms with van der Waals surface area (Å²) in [5.41, 5.74) is 3.22. The van der Waals surface area contributed by atoms with Crippen LogP contribution in [0.5, 0.6) is 11.5 Å². The molecule has 0 atom stereocenters. The molecule has 0 amide bonds. The maximum absolute atomic E-state index is 10.1. The minimum Gasteiger partial charge on any atom is -0.508 e. The Kier molecular flexibility index (Phi) is 7.90. The summed E-state index contributed by atoms with van der Waals surface area (Å²) >= 11 is 0. The van der Waals surface area contributed by atoms with Gasteiger partial charge < -0.3 is 10.2 Å². The van der Waals surface area contributed by atoms with Crippen molar-refractivity contribution in [2.45, 2.75) is 63.7 Å². The second-order valence-corrected chi connectivity index (χ2v) is 9.40. The van der Waals surface area contributed by atoms with Crippen LogP contribution in [-0.2, 0) is 5.41 Å². The highest BCUT2D eigenvalue weighted by Gasteiger charge is 2.37. The Labute approximate surface area is 203 Å². The molecule has 0 saturated carbocycles. The molecule has 0 saturated heterocycles. The van der Waals surface area contributed by atoms with E-state index in [9.17, 15) is 10.2 Å². The molecule has 4 rings (SSSR count). The lowest BCUT2D eigenvalue weighted by atomic mass is 9.65. The van der Waals surface area contributed by atoms with Gasteiger partial charge in [-0.15, -0.1) is 0 Å². The predicted molar refractivity (Wildman–Crippen MR) is 143 cm³/mol. The van der Waals surface area contributed by atoms with Crippen LogP contribution in [0.4, 0.5) is 0 Å². The number of aromatic hydroxyl groups is 2. The second-order valence-electron chi connectivity index (χ2n) is 9.40. The molecule has 4 aromatic carbocycles. The van der Waals surface area contributed by atoms with Gasteiger partial charge in [-0.3, -0.25) is 0 Å². The van der Waals surface area contributed by atoms with Gasteiger partial charge >= 0.3 is 0 Å². The van der Waals surface area contributed by atoms with E-state index in [2.05, 4.69) is 73.7 Å². The summed E-state index contributed by atoms with van der Waals surface area (Å²) in [6, 6.07) is 30.6. The van der Waals surface area contributed by atoms with Gasteiger partial charge in [0.05, 0.1) is 0 Å². The number of unbranched alkanes of at least 4 members (excludes halogenated alkanes) is 6. The Morgan fingerprint density at radius 3 is 1.71 bits per heavy atom. The van der Waals surface area contributed by atoms with Crippen LogP contribution >= 0.6 is 0 Å². The molecule has 0 fully saturated rings. The van der Waals surface area contributed by atoms with Crippen molar-refractivity contribution < 1.29 is 10.2 Å². The van der Waals surface area contributed by atoms with Crippen molar-refractivity contribution in [3.05, 3.63) is 108 Å². The first-order valence-electron chi connectivity index (χ1n) is 12.7. The Hall–Kier alpha value is -3.26. The fraction of sp³-hybridized carbons (Fsp3) is 0.312. The first-order chi connectivity index (χ1) is 16.6. The summed E-state index contributed by atoms with van der Waals surface area (Å²) in [6.45, 7) is 2.26. The van der Waals surface area contributed by atoms with E-state index in [-0.39, 0.29) is 16.9 Å². The van der Waals surface area contributed by atoms with Gasteiger partial charge in [0.2, 0.25) is 0 Å². The van der Waals surface area contributed by atoms with Gasteiger partial charge in [-0.25, -0.2) is 0 Å². The lowest BCUT2D eigenvalue weighted by molar-refractivity contribution is 0.470. The summed E-state index contributed by atoms with van der Waals surface area (Å²) in [6.07, 6.45) is 9.74. The molecular formula is C32H36O2. The average Bonchev–Trinajstić information content (AvgIpc) is 2.87. The van der Waals surface area contributed by atoms with E-state index in [1.54, 1.807) is 24.3 Å². The van der Waals surface area contributed by atoms with E-state index in [1.807, 2.05) is 0 Å². The van der Waals surface area contributed by atoms with E-state index in [4.69, 9.17) is 0 Å². The molecule has 2 N–H and O–H groups in total. The Balaban J connectivity index is 1.83. The highest BCUT2D eigenvalue weighted by molar-refractivity contribution is 5.88. The molecule has 2 nitrogen and oxygen atoms in total. The minimum absolute atomic E-state index is 0.275. The number of rotatable bonds is 11. The third-order valence-corrected chi connectivity index (χ3v) is 7.12. The molecule has 2 heteroatoms. The third kappa shape index (κ3) is 5.12. The van der Waals surface area contributed by atoms with Crippen molar-refractivity contribution in [2.24, 2.45) is 0 Å². The van der Waals surface area contributed by atoms with Crippen molar-refractivity contribution in [3.8, 4) is 11.5 Å². The van der Waals surface area contributed by atoms with Gasteiger partial charge in [-0.1, -0.05) is 119 Å². The fourth-order valence-corrected chi connectivity index (χ4v) is 5.34. The molecule has 0 aromatic heterocycles. The van der Waals surface area contributed by atoms with E-state index < -0.39 is 0 Å². The fourth-order valence-electron chi connectivity index (χ4n) is 5.34. The summed E-state index contributed by atoms with van der Waals surface area (Å²) in [7, 11) is 0. The Bertz CT molecular complexity index is 1130. The molecular weight excluding hydrogens is 416 g/mol. The van der Waals surface area contributed by atoms with Crippen molar-refractivity contribution in [2.75, 3.05) is 0 Å². The molecule has 0 heterocycles. The average molecular weight is 453 g/mol. The molecule has 34 heavy (non-hydrogen) atoms. The van der Waals surface area contributed by atoms with Crippen LogP contribution in [0.2, 0.25) is 0 Å². The van der Waals surface area contributed by atoms with Gasteiger partial charge in [0, 0.05) is 5.41 Å². The number of phenols is 2. The van der Waals surface area contributed by atoms with E-state index in [0.717, 1.165) is 12.8 Å². The molecule has 0 aliphatic rings. The molecule has 176 valence electrons. The van der Waals surface area contributed by atoms with E-state index in [0.29, 0.717) is 0 Å². The summed E-state index contributed by atoms with van der Waals surface area (Å²) in [5, 5.41) is 22.6. The molecule has 0 aliphatic carbocycles. The largest absolute Gasteiger partial charge is 0.508 e. The maximum atomic E-state index is 10.1. The first kappa shape index (κ1) is 23.9. The van der Waals surface area contributed by atoms with Gasteiger partial charge in [0.25, 0.3) is 0 Å². The number of fused-ring (bicyclic) bond motifs is 1. The van der Waals surface area contributed by atoms with Crippen LogP contribution < -0.4 is 0 Å².